The molecule has 0 radical (unpaired) electrons. The molecule has 1 saturated heterocycles. The van der Waals surface area contributed by atoms with E-state index in [1.807, 2.05) is 35.1 Å². The standard InChI is InChI=1S/C40H49N5O12S/c1-39(2,3)57-37(51)41-30-15-9-7-5-6-8-14-26-20-40(26,36(50)43-58(53,54)28-16-17-32(55-4)29(19-28)35(48)49)42-33(46)31-18-27(23-45(31)34(30)47)56-38(52)44-21-24-12-10-11-13-25(24)22-44/h8,10-14,16-17,19,26-27,30-31H,5-7,9,15,18,20-23H2,1-4H3,(H,41,51)(H,42,46)(H,43,50)(H,48,49)/t26-,27-,30+,31+,40-/m1/s1. The molecule has 2 fully saturated rings. The van der Waals surface area contributed by atoms with Gasteiger partial charge in [-0.25, -0.2) is 27.5 Å². The fourth-order valence-corrected chi connectivity index (χ4v) is 8.65. The van der Waals surface area contributed by atoms with Crippen LogP contribution in [0.15, 0.2) is 59.5 Å². The lowest BCUT2D eigenvalue weighted by Gasteiger charge is -2.30. The third kappa shape index (κ3) is 9.38. The highest BCUT2D eigenvalue weighted by atomic mass is 32.2. The first-order chi connectivity index (χ1) is 27.4. The van der Waals surface area contributed by atoms with Crippen molar-refractivity contribution in [2.45, 2.75) is 113 Å². The summed E-state index contributed by atoms with van der Waals surface area (Å²) < 4.78 is 45.4. The number of carboxylic acid groups (broad SMARTS) is 1. The van der Waals surface area contributed by atoms with Crippen molar-refractivity contribution in [3.63, 3.8) is 0 Å². The van der Waals surface area contributed by atoms with Crippen molar-refractivity contribution in [2.75, 3.05) is 13.7 Å². The van der Waals surface area contributed by atoms with Crippen LogP contribution < -0.4 is 20.1 Å². The molecule has 4 N–H and O–H groups in total. The Morgan fingerprint density at radius 2 is 1.71 bits per heavy atom. The highest BCUT2D eigenvalue weighted by Crippen LogP contribution is 2.46. The van der Waals surface area contributed by atoms with Gasteiger partial charge in [-0.2, -0.15) is 0 Å². The number of fused-ring (bicyclic) bond motifs is 3. The quantitative estimate of drug-likeness (QED) is 0.294. The maximum absolute atomic E-state index is 14.4. The lowest BCUT2D eigenvalue weighted by Crippen LogP contribution is -2.58. The van der Waals surface area contributed by atoms with Crippen LogP contribution in [0.5, 0.6) is 5.75 Å². The lowest BCUT2D eigenvalue weighted by molar-refractivity contribution is -0.141. The molecule has 1 aliphatic carbocycles. The van der Waals surface area contributed by atoms with Crippen LogP contribution in [-0.2, 0) is 47.0 Å². The molecule has 4 aliphatic rings. The average molecular weight is 824 g/mol. The van der Waals surface area contributed by atoms with Gasteiger partial charge in [-0.15, -0.1) is 0 Å². The van der Waals surface area contributed by atoms with Crippen molar-refractivity contribution in [3.05, 3.63) is 71.3 Å². The van der Waals surface area contributed by atoms with E-state index in [1.165, 1.54) is 16.9 Å². The SMILES string of the molecule is COc1ccc(S(=O)(=O)NC(=O)[C@@]23C[C@H]2C=CCCCCC[C@H](NC(=O)OC(C)(C)C)C(=O)N2C[C@H](OC(=O)N4Cc5ccccc5C4)C[C@H]2C(=O)N3)cc1C(=O)O. The van der Waals surface area contributed by atoms with Gasteiger partial charge in [-0.05, 0) is 75.8 Å². The summed E-state index contributed by atoms with van der Waals surface area (Å²) in [6, 6.07) is 8.28. The Labute approximate surface area is 336 Å². The van der Waals surface area contributed by atoms with Crippen LogP contribution in [0.3, 0.4) is 0 Å². The monoisotopic (exact) mass is 823 g/mol. The van der Waals surface area contributed by atoms with Gasteiger partial charge in [-0.1, -0.05) is 49.3 Å². The summed E-state index contributed by atoms with van der Waals surface area (Å²) in [6.07, 6.45) is 3.78. The summed E-state index contributed by atoms with van der Waals surface area (Å²) in [5.41, 5.74) is -1.13. The molecule has 0 bridgehead atoms. The Morgan fingerprint density at radius 3 is 2.36 bits per heavy atom. The summed E-state index contributed by atoms with van der Waals surface area (Å²) in [6.45, 7) is 5.49. The van der Waals surface area contributed by atoms with Crippen molar-refractivity contribution in [2.24, 2.45) is 5.92 Å². The number of aromatic carboxylic acids is 1. The van der Waals surface area contributed by atoms with Gasteiger partial charge >= 0.3 is 18.2 Å². The van der Waals surface area contributed by atoms with E-state index in [4.69, 9.17) is 14.2 Å². The minimum atomic E-state index is -4.67. The van der Waals surface area contributed by atoms with Crippen LogP contribution in [0.2, 0.25) is 0 Å². The molecule has 2 aromatic carbocycles. The number of allylic oxidation sites excluding steroid dienone is 1. The molecule has 0 spiro atoms. The highest BCUT2D eigenvalue weighted by Gasteiger charge is 2.62. The van der Waals surface area contributed by atoms with E-state index in [1.54, 1.807) is 26.8 Å². The molecule has 6 rings (SSSR count). The fourth-order valence-electron chi connectivity index (χ4n) is 7.59. The number of ether oxygens (including phenoxy) is 3. The number of carboxylic acids is 1. The molecule has 2 aromatic rings. The maximum atomic E-state index is 14.4. The number of benzene rings is 2. The Kier molecular flexibility index (Phi) is 12.1. The van der Waals surface area contributed by atoms with E-state index in [0.717, 1.165) is 29.3 Å². The van der Waals surface area contributed by atoms with Crippen LogP contribution in [-0.4, -0.2) is 102 Å². The number of carbonyl (C=O) groups excluding carboxylic acids is 5. The first-order valence-corrected chi connectivity index (χ1v) is 20.7. The van der Waals surface area contributed by atoms with Crippen LogP contribution in [0.25, 0.3) is 0 Å². The molecular weight excluding hydrogens is 775 g/mol. The molecule has 58 heavy (non-hydrogen) atoms. The molecule has 5 atom stereocenters. The third-order valence-electron chi connectivity index (χ3n) is 10.6. The van der Waals surface area contributed by atoms with Gasteiger partial charge in [0.2, 0.25) is 11.8 Å². The Bertz CT molecular complexity index is 2090. The second-order valence-corrected chi connectivity index (χ2v) is 17.7. The zero-order chi connectivity index (χ0) is 42.0. The second-order valence-electron chi connectivity index (χ2n) is 16.0. The number of sulfonamides is 1. The number of methoxy groups -OCH3 is 1. The molecule has 5 amide bonds. The molecule has 312 valence electrons. The van der Waals surface area contributed by atoms with Crippen molar-refractivity contribution in [1.29, 1.82) is 0 Å². The van der Waals surface area contributed by atoms with Crippen molar-refractivity contribution >= 4 is 45.9 Å². The van der Waals surface area contributed by atoms with Crippen LogP contribution in [0.1, 0.15) is 87.2 Å². The smallest absolute Gasteiger partial charge is 0.410 e. The van der Waals surface area contributed by atoms with Crippen molar-refractivity contribution < 1.29 is 56.5 Å². The number of hydrogen-bond acceptors (Lipinski definition) is 11. The first-order valence-electron chi connectivity index (χ1n) is 19.2. The Morgan fingerprint density at radius 1 is 1.00 bits per heavy atom. The molecule has 3 heterocycles. The summed E-state index contributed by atoms with van der Waals surface area (Å²) in [5.74, 6) is -4.65. The molecule has 17 nitrogen and oxygen atoms in total. The average Bonchev–Trinajstić information content (AvgIpc) is 3.45. The first kappa shape index (κ1) is 42.0. The minimum Gasteiger partial charge on any atom is -0.496 e. The van der Waals surface area contributed by atoms with Crippen LogP contribution in [0, 0.1) is 5.92 Å². The summed E-state index contributed by atoms with van der Waals surface area (Å²) in [7, 11) is -3.44. The van der Waals surface area contributed by atoms with Gasteiger partial charge in [-0.3, -0.25) is 19.3 Å². The lowest BCUT2D eigenvalue weighted by atomic mass is 10.0. The zero-order valence-corrected chi connectivity index (χ0v) is 33.6. The van der Waals surface area contributed by atoms with Gasteiger partial charge in [0.05, 0.1) is 18.6 Å². The van der Waals surface area contributed by atoms with Gasteiger partial charge in [0.15, 0.2) is 0 Å². The zero-order valence-electron chi connectivity index (χ0n) is 32.8. The van der Waals surface area contributed by atoms with Gasteiger partial charge in [0.25, 0.3) is 15.9 Å². The topological polar surface area (TPSA) is 227 Å². The van der Waals surface area contributed by atoms with E-state index < -0.39 is 91.6 Å². The molecule has 0 unspecified atom stereocenters. The Hall–Kier alpha value is -5.65. The number of alkyl carbamates (subject to hydrolysis) is 1. The molecule has 0 aromatic heterocycles. The molecular formula is C40H49N5O12S. The third-order valence-corrected chi connectivity index (χ3v) is 12.0. The summed E-state index contributed by atoms with van der Waals surface area (Å²) in [5, 5.41) is 15.0. The predicted octanol–water partition coefficient (Wildman–Crippen LogP) is 3.61. The number of carbonyl (C=O) groups is 6. The van der Waals surface area contributed by atoms with E-state index in [-0.39, 0.29) is 31.6 Å². The number of amides is 5. The molecule has 1 saturated carbocycles. The maximum Gasteiger partial charge on any atom is 0.410 e. The molecule has 18 heteroatoms. The Balaban J connectivity index is 1.27. The number of hydrogen-bond donors (Lipinski definition) is 4. The van der Waals surface area contributed by atoms with Crippen LogP contribution in [0.4, 0.5) is 9.59 Å². The van der Waals surface area contributed by atoms with Gasteiger partial charge in [0.1, 0.15) is 40.6 Å². The van der Waals surface area contributed by atoms with E-state index in [0.29, 0.717) is 38.8 Å². The van der Waals surface area contributed by atoms with Crippen molar-refractivity contribution in [1.82, 2.24) is 25.2 Å². The minimum absolute atomic E-state index is 0.0248. The van der Waals surface area contributed by atoms with E-state index >= 15 is 0 Å². The van der Waals surface area contributed by atoms with Gasteiger partial charge in [0, 0.05) is 25.4 Å². The number of nitrogens with one attached hydrogen (secondary N) is 3. The summed E-state index contributed by atoms with van der Waals surface area (Å²) in [4.78, 5) is 83.3. The van der Waals surface area contributed by atoms with Crippen LogP contribution >= 0.6 is 0 Å². The highest BCUT2D eigenvalue weighted by molar-refractivity contribution is 7.90. The van der Waals surface area contributed by atoms with E-state index in [9.17, 15) is 42.3 Å². The fraction of sp³-hybridized carbons (Fsp3) is 0.500. The number of rotatable bonds is 7. The second kappa shape index (κ2) is 16.7. The van der Waals surface area contributed by atoms with Gasteiger partial charge < -0.3 is 34.9 Å². The van der Waals surface area contributed by atoms with Crippen molar-refractivity contribution in [3.8, 4) is 5.75 Å². The predicted molar refractivity (Wildman–Crippen MR) is 206 cm³/mol. The normalized spacial score (nSPS) is 24.8. The summed E-state index contributed by atoms with van der Waals surface area (Å²) >= 11 is 0. The largest absolute Gasteiger partial charge is 0.496 e. The van der Waals surface area contributed by atoms with E-state index in [2.05, 4.69) is 10.6 Å². The molecule has 3 aliphatic heterocycles. The number of nitrogens with zero attached hydrogens (tertiary/aromatic N) is 2.